The first-order valence-corrected chi connectivity index (χ1v) is 8.44. The Morgan fingerprint density at radius 2 is 1.83 bits per heavy atom. The van der Waals surface area contributed by atoms with Crippen LogP contribution in [0.3, 0.4) is 0 Å². The maximum absolute atomic E-state index is 14.0. The third kappa shape index (κ3) is 5.47. The molecule has 2 aromatic carbocycles. The minimum atomic E-state index is -0.226. The van der Waals surface area contributed by atoms with Gasteiger partial charge in [-0.2, -0.15) is 0 Å². The van der Waals surface area contributed by atoms with Gasteiger partial charge >= 0.3 is 0 Å². The Kier molecular flexibility index (Phi) is 6.95. The van der Waals surface area contributed by atoms with Crippen LogP contribution in [0.4, 0.5) is 4.39 Å². The van der Waals surface area contributed by atoms with E-state index in [1.54, 1.807) is 12.1 Å². The zero-order chi connectivity index (χ0) is 17.4. The van der Waals surface area contributed by atoms with Crippen molar-refractivity contribution < 1.29 is 9.50 Å². The average molecular weight is 324 g/mol. The van der Waals surface area contributed by atoms with Gasteiger partial charge in [0, 0.05) is 0 Å². The van der Waals surface area contributed by atoms with Crippen molar-refractivity contribution in [3.8, 4) is 11.1 Å². The Morgan fingerprint density at radius 1 is 1.12 bits per heavy atom. The zero-order valence-corrected chi connectivity index (χ0v) is 14.2. The number of hydrogen-bond acceptors (Lipinski definition) is 1. The molecule has 2 aromatic rings. The molecule has 1 unspecified atom stereocenters. The number of aliphatic hydroxyl groups excluding tert-OH is 1. The van der Waals surface area contributed by atoms with Crippen LogP contribution in [0.25, 0.3) is 17.2 Å². The van der Waals surface area contributed by atoms with E-state index in [0.717, 1.165) is 36.0 Å². The van der Waals surface area contributed by atoms with Crippen LogP contribution >= 0.6 is 0 Å². The van der Waals surface area contributed by atoms with Crippen LogP contribution in [-0.2, 0) is 6.42 Å². The Bertz CT molecular complexity index is 684. The molecule has 1 atom stereocenters. The number of hydrogen-bond donors (Lipinski definition) is 1. The fourth-order valence-electron chi connectivity index (χ4n) is 2.59. The number of aliphatic hydroxyl groups is 1. The first-order valence-electron chi connectivity index (χ1n) is 8.44. The van der Waals surface area contributed by atoms with Crippen LogP contribution in [0.15, 0.2) is 61.2 Å². The third-order valence-electron chi connectivity index (χ3n) is 3.96. The molecule has 0 heterocycles. The number of unbranched alkanes of at least 4 members (excludes halogenated alkanes) is 1. The van der Waals surface area contributed by atoms with Crippen molar-refractivity contribution in [1.29, 1.82) is 0 Å². The van der Waals surface area contributed by atoms with E-state index in [1.165, 1.54) is 0 Å². The van der Waals surface area contributed by atoms with Crippen molar-refractivity contribution in [2.24, 2.45) is 0 Å². The van der Waals surface area contributed by atoms with E-state index in [9.17, 15) is 9.50 Å². The highest BCUT2D eigenvalue weighted by Gasteiger charge is 2.04. The SMILES string of the molecule is C=CCc1ccc(-c2ccc(/C=C/CCCC(C)O)cc2)cc1F. The predicted octanol–water partition coefficient (Wildman–Crippen LogP) is 5.79. The van der Waals surface area contributed by atoms with Gasteiger partial charge in [-0.1, -0.05) is 54.6 Å². The van der Waals surface area contributed by atoms with Gasteiger partial charge in [0.1, 0.15) is 5.82 Å². The van der Waals surface area contributed by atoms with Gasteiger partial charge in [-0.05, 0) is 60.9 Å². The lowest BCUT2D eigenvalue weighted by molar-refractivity contribution is 0.182. The summed E-state index contributed by atoms with van der Waals surface area (Å²) in [5.41, 5.74) is 3.68. The smallest absolute Gasteiger partial charge is 0.127 e. The fraction of sp³-hybridized carbons (Fsp3) is 0.273. The van der Waals surface area contributed by atoms with Crippen LogP contribution in [0, 0.1) is 5.82 Å². The molecular weight excluding hydrogens is 299 g/mol. The average Bonchev–Trinajstić information content (AvgIpc) is 2.57. The van der Waals surface area contributed by atoms with Gasteiger partial charge in [-0.3, -0.25) is 0 Å². The standard InChI is InChI=1S/C22H25FO/c1-3-7-20-14-15-21(16-22(20)23)19-12-10-18(11-13-19)9-6-4-5-8-17(2)24/h3,6,9-17,24H,1,4-5,7-8H2,2H3/b9-6+. The normalized spacial score (nSPS) is 12.5. The Hall–Kier alpha value is -2.19. The lowest BCUT2D eigenvalue weighted by Crippen LogP contribution is -1.97. The lowest BCUT2D eigenvalue weighted by Gasteiger charge is -2.06. The lowest BCUT2D eigenvalue weighted by atomic mass is 10.0. The Balaban J connectivity index is 2.00. The van der Waals surface area contributed by atoms with Gasteiger partial charge in [0.05, 0.1) is 6.10 Å². The van der Waals surface area contributed by atoms with E-state index >= 15 is 0 Å². The minimum Gasteiger partial charge on any atom is -0.393 e. The fourth-order valence-corrected chi connectivity index (χ4v) is 2.59. The van der Waals surface area contributed by atoms with Crippen molar-refractivity contribution in [3.63, 3.8) is 0 Å². The second-order valence-corrected chi connectivity index (χ2v) is 6.10. The highest BCUT2D eigenvalue weighted by molar-refractivity contribution is 5.66. The molecule has 0 spiro atoms. The third-order valence-corrected chi connectivity index (χ3v) is 3.96. The van der Waals surface area contributed by atoms with Gasteiger partial charge in [0.25, 0.3) is 0 Å². The number of allylic oxidation sites excluding steroid dienone is 2. The molecule has 0 aromatic heterocycles. The van der Waals surface area contributed by atoms with Crippen molar-refractivity contribution in [2.75, 3.05) is 0 Å². The van der Waals surface area contributed by atoms with Crippen LogP contribution in [-0.4, -0.2) is 11.2 Å². The second kappa shape index (κ2) is 9.19. The van der Waals surface area contributed by atoms with E-state index in [4.69, 9.17) is 0 Å². The molecule has 24 heavy (non-hydrogen) atoms. The van der Waals surface area contributed by atoms with Crippen LogP contribution in [0.5, 0.6) is 0 Å². The molecule has 0 saturated carbocycles. The summed E-state index contributed by atoms with van der Waals surface area (Å²) < 4.78 is 14.0. The number of benzene rings is 2. The Labute approximate surface area is 144 Å². The molecular formula is C22H25FO. The monoisotopic (exact) mass is 324 g/mol. The van der Waals surface area contributed by atoms with Crippen LogP contribution in [0.2, 0.25) is 0 Å². The molecule has 0 saturated heterocycles. The quantitative estimate of drug-likeness (QED) is 0.481. The van der Waals surface area contributed by atoms with Crippen molar-refractivity contribution in [1.82, 2.24) is 0 Å². The molecule has 0 bridgehead atoms. The van der Waals surface area contributed by atoms with E-state index < -0.39 is 0 Å². The molecule has 126 valence electrons. The molecule has 0 aliphatic rings. The molecule has 1 nitrogen and oxygen atoms in total. The molecule has 1 N–H and O–H groups in total. The summed E-state index contributed by atoms with van der Waals surface area (Å²) in [7, 11) is 0. The minimum absolute atomic E-state index is 0.186. The zero-order valence-electron chi connectivity index (χ0n) is 14.2. The Morgan fingerprint density at radius 3 is 2.46 bits per heavy atom. The van der Waals surface area contributed by atoms with E-state index in [0.29, 0.717) is 12.0 Å². The molecule has 0 fully saturated rings. The summed E-state index contributed by atoms with van der Waals surface area (Å²) in [5, 5.41) is 9.22. The molecule has 0 radical (unpaired) electrons. The maximum Gasteiger partial charge on any atom is 0.127 e. The molecule has 0 aliphatic heterocycles. The largest absolute Gasteiger partial charge is 0.393 e. The number of rotatable bonds is 8. The summed E-state index contributed by atoms with van der Waals surface area (Å²) in [6, 6.07) is 13.5. The second-order valence-electron chi connectivity index (χ2n) is 6.10. The predicted molar refractivity (Wildman–Crippen MR) is 100 cm³/mol. The summed E-state index contributed by atoms with van der Waals surface area (Å²) in [4.78, 5) is 0. The van der Waals surface area contributed by atoms with Crippen molar-refractivity contribution in [3.05, 3.63) is 78.1 Å². The van der Waals surface area contributed by atoms with Gasteiger partial charge < -0.3 is 5.11 Å². The first kappa shape index (κ1) is 18.2. The van der Waals surface area contributed by atoms with Gasteiger partial charge in [-0.25, -0.2) is 4.39 Å². The first-order chi connectivity index (χ1) is 11.6. The van der Waals surface area contributed by atoms with Crippen LogP contribution in [0.1, 0.15) is 37.3 Å². The number of halogens is 1. The van der Waals surface area contributed by atoms with Gasteiger partial charge in [-0.15, -0.1) is 6.58 Å². The summed E-state index contributed by atoms with van der Waals surface area (Å²) >= 11 is 0. The summed E-state index contributed by atoms with van der Waals surface area (Å²) in [5.74, 6) is -0.186. The maximum atomic E-state index is 14.0. The molecule has 2 rings (SSSR count). The van der Waals surface area contributed by atoms with Crippen LogP contribution < -0.4 is 0 Å². The molecule has 0 aliphatic carbocycles. The highest BCUT2D eigenvalue weighted by atomic mass is 19.1. The highest BCUT2D eigenvalue weighted by Crippen LogP contribution is 2.23. The molecule has 0 amide bonds. The van der Waals surface area contributed by atoms with Crippen molar-refractivity contribution >= 4 is 6.08 Å². The van der Waals surface area contributed by atoms with E-state index in [-0.39, 0.29) is 11.9 Å². The topological polar surface area (TPSA) is 20.2 Å². The van der Waals surface area contributed by atoms with Gasteiger partial charge in [0.2, 0.25) is 0 Å². The summed E-state index contributed by atoms with van der Waals surface area (Å²) in [6.07, 6.45) is 9.02. The van der Waals surface area contributed by atoms with Crippen molar-refractivity contribution in [2.45, 2.75) is 38.7 Å². The summed E-state index contributed by atoms with van der Waals surface area (Å²) in [6.45, 7) is 5.46. The van der Waals surface area contributed by atoms with E-state index in [2.05, 4.69) is 18.7 Å². The van der Waals surface area contributed by atoms with Gasteiger partial charge in [0.15, 0.2) is 0 Å². The van der Waals surface area contributed by atoms with E-state index in [1.807, 2.05) is 43.3 Å². The molecule has 2 heteroatoms.